The van der Waals surface area contributed by atoms with Gasteiger partial charge in [0.05, 0.1) is 10.6 Å². The first kappa shape index (κ1) is 12.8. The van der Waals surface area contributed by atoms with E-state index in [4.69, 9.17) is 16.3 Å². The Labute approximate surface area is 107 Å². The van der Waals surface area contributed by atoms with Crippen molar-refractivity contribution in [3.63, 3.8) is 0 Å². The molecule has 1 nitrogen and oxygen atoms in total. The van der Waals surface area contributed by atoms with E-state index in [-0.39, 0.29) is 0 Å². The van der Waals surface area contributed by atoms with Gasteiger partial charge in [-0.1, -0.05) is 23.7 Å². The van der Waals surface area contributed by atoms with Crippen LogP contribution in [0.4, 0.5) is 13.2 Å². The lowest BCUT2D eigenvalue weighted by Gasteiger charge is -2.09. The molecule has 2 aromatic rings. The van der Waals surface area contributed by atoms with Crippen molar-refractivity contribution in [3.8, 4) is 11.5 Å². The Morgan fingerprint density at radius 2 is 1.50 bits per heavy atom. The summed E-state index contributed by atoms with van der Waals surface area (Å²) in [6.45, 7) is 0. The van der Waals surface area contributed by atoms with E-state index in [1.54, 1.807) is 24.3 Å². The zero-order valence-electron chi connectivity index (χ0n) is 9.04. The SMILES string of the molecule is FC(F)(F)c1ccc(Oc2ccccc2Cl)cc1. The van der Waals surface area contributed by atoms with Crippen LogP contribution in [0.15, 0.2) is 48.5 Å². The standard InChI is InChI=1S/C13H8ClF3O/c14-11-3-1-2-4-12(11)18-10-7-5-9(6-8-10)13(15,16)17/h1-8H. The fraction of sp³-hybridized carbons (Fsp3) is 0.0769. The third-order valence-corrected chi connectivity index (χ3v) is 2.56. The van der Waals surface area contributed by atoms with Crippen LogP contribution in [-0.4, -0.2) is 0 Å². The van der Waals surface area contributed by atoms with Crippen LogP contribution in [0.25, 0.3) is 0 Å². The molecule has 0 atom stereocenters. The van der Waals surface area contributed by atoms with Crippen molar-refractivity contribution in [3.05, 3.63) is 59.1 Å². The molecule has 0 spiro atoms. The Hall–Kier alpha value is -1.68. The van der Waals surface area contributed by atoms with Gasteiger partial charge in [-0.2, -0.15) is 13.2 Å². The molecule has 2 rings (SSSR count). The molecule has 0 saturated heterocycles. The zero-order chi connectivity index (χ0) is 13.2. The summed E-state index contributed by atoms with van der Waals surface area (Å²) in [5.41, 5.74) is -0.714. The Morgan fingerprint density at radius 3 is 2.06 bits per heavy atom. The van der Waals surface area contributed by atoms with Gasteiger partial charge in [-0.25, -0.2) is 0 Å². The highest BCUT2D eigenvalue weighted by Crippen LogP contribution is 2.32. The Kier molecular flexibility index (Phi) is 3.48. The molecule has 0 aliphatic heterocycles. The topological polar surface area (TPSA) is 9.23 Å². The summed E-state index contributed by atoms with van der Waals surface area (Å²) < 4.78 is 42.4. The van der Waals surface area contributed by atoms with Gasteiger partial charge in [-0.05, 0) is 36.4 Å². The molecule has 0 amide bonds. The van der Waals surface area contributed by atoms with E-state index in [9.17, 15) is 13.2 Å². The molecule has 0 fully saturated rings. The van der Waals surface area contributed by atoms with Gasteiger partial charge >= 0.3 is 6.18 Å². The van der Waals surface area contributed by atoms with E-state index in [1.165, 1.54) is 12.1 Å². The third kappa shape index (κ3) is 2.96. The van der Waals surface area contributed by atoms with Gasteiger partial charge < -0.3 is 4.74 Å². The van der Waals surface area contributed by atoms with Gasteiger partial charge in [0.15, 0.2) is 0 Å². The number of hydrogen-bond acceptors (Lipinski definition) is 1. The highest BCUT2D eigenvalue weighted by Gasteiger charge is 2.30. The van der Waals surface area contributed by atoms with Crippen molar-refractivity contribution in [1.82, 2.24) is 0 Å². The van der Waals surface area contributed by atoms with Crippen LogP contribution in [0.5, 0.6) is 11.5 Å². The molecule has 0 N–H and O–H groups in total. The van der Waals surface area contributed by atoms with E-state index < -0.39 is 11.7 Å². The van der Waals surface area contributed by atoms with Crippen LogP contribution in [0.3, 0.4) is 0 Å². The van der Waals surface area contributed by atoms with Gasteiger partial charge in [0.2, 0.25) is 0 Å². The Bertz CT molecular complexity index is 535. The first-order valence-electron chi connectivity index (χ1n) is 5.06. The highest BCUT2D eigenvalue weighted by atomic mass is 35.5. The van der Waals surface area contributed by atoms with E-state index in [1.807, 2.05) is 0 Å². The molecule has 0 aliphatic carbocycles. The largest absolute Gasteiger partial charge is 0.456 e. The normalized spacial score (nSPS) is 11.3. The molecule has 5 heteroatoms. The maximum atomic E-state index is 12.3. The number of halogens is 4. The molecular weight excluding hydrogens is 265 g/mol. The number of benzene rings is 2. The van der Waals surface area contributed by atoms with Crippen molar-refractivity contribution in [2.75, 3.05) is 0 Å². The lowest BCUT2D eigenvalue weighted by Crippen LogP contribution is -2.03. The summed E-state index contributed by atoms with van der Waals surface area (Å²) in [6.07, 6.45) is -4.34. The second-order valence-electron chi connectivity index (χ2n) is 3.55. The van der Waals surface area contributed by atoms with Gasteiger partial charge in [0.1, 0.15) is 11.5 Å². The number of hydrogen-bond donors (Lipinski definition) is 0. The summed E-state index contributed by atoms with van der Waals surface area (Å²) in [5, 5.41) is 0.400. The molecule has 0 aromatic heterocycles. The van der Waals surface area contributed by atoms with Crippen LogP contribution in [0.2, 0.25) is 5.02 Å². The van der Waals surface area contributed by atoms with Crippen LogP contribution < -0.4 is 4.74 Å². The summed E-state index contributed by atoms with van der Waals surface area (Å²) in [5.74, 6) is 0.704. The average Bonchev–Trinajstić information content (AvgIpc) is 2.32. The molecule has 0 radical (unpaired) electrons. The minimum atomic E-state index is -4.34. The number of alkyl halides is 3. The first-order valence-corrected chi connectivity index (χ1v) is 5.44. The van der Waals surface area contributed by atoms with E-state index in [0.717, 1.165) is 12.1 Å². The number of ether oxygens (including phenoxy) is 1. The zero-order valence-corrected chi connectivity index (χ0v) is 9.79. The van der Waals surface area contributed by atoms with Gasteiger partial charge in [0.25, 0.3) is 0 Å². The fourth-order valence-corrected chi connectivity index (χ4v) is 1.54. The molecule has 0 bridgehead atoms. The van der Waals surface area contributed by atoms with Crippen molar-refractivity contribution in [1.29, 1.82) is 0 Å². The molecule has 0 unspecified atom stereocenters. The monoisotopic (exact) mass is 272 g/mol. The smallest absolute Gasteiger partial charge is 0.416 e. The molecule has 0 aliphatic rings. The fourth-order valence-electron chi connectivity index (χ4n) is 1.37. The summed E-state index contributed by atoms with van der Waals surface area (Å²) in [7, 11) is 0. The maximum Gasteiger partial charge on any atom is 0.416 e. The molecule has 0 heterocycles. The minimum absolute atomic E-state index is 0.302. The lowest BCUT2D eigenvalue weighted by atomic mass is 10.2. The quantitative estimate of drug-likeness (QED) is 0.734. The minimum Gasteiger partial charge on any atom is -0.456 e. The van der Waals surface area contributed by atoms with Crippen molar-refractivity contribution in [2.24, 2.45) is 0 Å². The van der Waals surface area contributed by atoms with Crippen molar-refractivity contribution in [2.45, 2.75) is 6.18 Å². The average molecular weight is 273 g/mol. The van der Waals surface area contributed by atoms with Crippen LogP contribution >= 0.6 is 11.6 Å². The van der Waals surface area contributed by atoms with E-state index >= 15 is 0 Å². The maximum absolute atomic E-state index is 12.3. The number of rotatable bonds is 2. The molecule has 2 aromatic carbocycles. The Morgan fingerprint density at radius 1 is 0.889 bits per heavy atom. The summed E-state index contributed by atoms with van der Waals surface area (Å²) >= 11 is 5.87. The summed E-state index contributed by atoms with van der Waals surface area (Å²) in [6, 6.07) is 11.2. The van der Waals surface area contributed by atoms with Gasteiger partial charge in [0, 0.05) is 0 Å². The molecule has 0 saturated carbocycles. The van der Waals surface area contributed by atoms with Crippen LogP contribution in [0, 0.1) is 0 Å². The van der Waals surface area contributed by atoms with Crippen molar-refractivity contribution < 1.29 is 17.9 Å². The summed E-state index contributed by atoms with van der Waals surface area (Å²) in [4.78, 5) is 0. The van der Waals surface area contributed by atoms with Crippen LogP contribution in [-0.2, 0) is 6.18 Å². The predicted molar refractivity (Wildman–Crippen MR) is 63.0 cm³/mol. The number of para-hydroxylation sites is 1. The second-order valence-corrected chi connectivity index (χ2v) is 3.96. The lowest BCUT2D eigenvalue weighted by molar-refractivity contribution is -0.137. The second kappa shape index (κ2) is 4.90. The van der Waals surface area contributed by atoms with Gasteiger partial charge in [-0.15, -0.1) is 0 Å². The third-order valence-electron chi connectivity index (χ3n) is 2.25. The molecule has 94 valence electrons. The highest BCUT2D eigenvalue weighted by molar-refractivity contribution is 6.32. The van der Waals surface area contributed by atoms with Gasteiger partial charge in [-0.3, -0.25) is 0 Å². The van der Waals surface area contributed by atoms with Crippen molar-refractivity contribution >= 4 is 11.6 Å². The predicted octanol–water partition coefficient (Wildman–Crippen LogP) is 5.15. The first-order chi connectivity index (χ1) is 8.47. The van der Waals surface area contributed by atoms with Crippen LogP contribution in [0.1, 0.15) is 5.56 Å². The van der Waals surface area contributed by atoms with E-state index in [2.05, 4.69) is 0 Å². The molecular formula is C13H8ClF3O. The van der Waals surface area contributed by atoms with E-state index in [0.29, 0.717) is 16.5 Å². The molecule has 18 heavy (non-hydrogen) atoms. The Balaban J connectivity index is 2.19.